The molecule has 0 saturated heterocycles. The minimum Gasteiger partial charge on any atom is -0.376 e. The molecule has 4 aromatic rings. The van der Waals surface area contributed by atoms with E-state index in [2.05, 4.69) is 34.5 Å². The van der Waals surface area contributed by atoms with Crippen LogP contribution in [0.5, 0.6) is 0 Å². The molecule has 0 saturated carbocycles. The average molecular weight is 460 g/mol. The predicted octanol–water partition coefficient (Wildman–Crippen LogP) is 2.69. The van der Waals surface area contributed by atoms with Gasteiger partial charge in [-0.3, -0.25) is 0 Å². The molecule has 0 aromatic carbocycles. The molecule has 2 aliphatic carbocycles. The number of aromatic nitrogens is 6. The lowest BCUT2D eigenvalue weighted by Crippen LogP contribution is -2.35. The number of fused-ring (bicyclic) bond motifs is 4. The first-order valence-corrected chi connectivity index (χ1v) is 11.9. The highest BCUT2D eigenvalue weighted by atomic mass is 16.5. The average Bonchev–Trinajstić information content (AvgIpc) is 3.56. The Balaban J connectivity index is 1.55. The van der Waals surface area contributed by atoms with Gasteiger partial charge >= 0.3 is 0 Å². The Bertz CT molecular complexity index is 1520. The summed E-state index contributed by atoms with van der Waals surface area (Å²) in [4.78, 5) is 13.1. The largest absolute Gasteiger partial charge is 0.376 e. The third-order valence-corrected chi connectivity index (χ3v) is 7.07. The summed E-state index contributed by atoms with van der Waals surface area (Å²) in [7, 11) is 1.74. The van der Waals surface area contributed by atoms with Crippen LogP contribution in [0.25, 0.3) is 23.2 Å². The molecule has 0 spiro atoms. The highest BCUT2D eigenvalue weighted by molar-refractivity contribution is 5.91. The van der Waals surface area contributed by atoms with E-state index in [0.29, 0.717) is 5.82 Å². The number of anilines is 2. The first-order chi connectivity index (χ1) is 16.5. The molecular formula is C25H29N7O2. The highest BCUT2D eigenvalue weighted by Gasteiger charge is 2.29. The number of aromatic amines is 1. The Labute approximate surface area is 196 Å². The van der Waals surface area contributed by atoms with Crippen LogP contribution < -0.4 is 15.9 Å². The fraction of sp³-hybridized carbons (Fsp3) is 0.440. The number of nitrogens with zero attached hydrogens (tertiary/aromatic N) is 5. The second-order valence-corrected chi connectivity index (χ2v) is 9.16. The van der Waals surface area contributed by atoms with Gasteiger partial charge in [-0.15, -0.1) is 0 Å². The molecule has 4 aromatic heterocycles. The molecular weight excluding hydrogens is 430 g/mol. The van der Waals surface area contributed by atoms with Crippen LogP contribution in [0.4, 0.5) is 11.6 Å². The maximum Gasteiger partial charge on any atom is 0.145 e. The fourth-order valence-electron chi connectivity index (χ4n) is 5.54. The highest BCUT2D eigenvalue weighted by Crippen LogP contribution is 2.33. The lowest BCUT2D eigenvalue weighted by atomic mass is 9.88. The van der Waals surface area contributed by atoms with Crippen LogP contribution in [0.2, 0.25) is 0 Å². The Morgan fingerprint density at radius 3 is 2.79 bits per heavy atom. The summed E-state index contributed by atoms with van der Waals surface area (Å²) < 4.78 is 13.4. The van der Waals surface area contributed by atoms with Gasteiger partial charge in [0.15, 0.2) is 0 Å². The van der Waals surface area contributed by atoms with Crippen molar-refractivity contribution in [2.75, 3.05) is 12.4 Å². The van der Waals surface area contributed by atoms with E-state index >= 15 is 0 Å². The van der Waals surface area contributed by atoms with Gasteiger partial charge in [0.05, 0.1) is 22.9 Å². The van der Waals surface area contributed by atoms with Crippen molar-refractivity contribution in [3.63, 3.8) is 0 Å². The Hall–Kier alpha value is -3.46. The van der Waals surface area contributed by atoms with Gasteiger partial charge in [0.2, 0.25) is 0 Å². The Kier molecular flexibility index (Phi) is 4.84. The molecule has 34 heavy (non-hydrogen) atoms. The number of ether oxygens (including phenoxy) is 1. The molecule has 0 fully saturated rings. The van der Waals surface area contributed by atoms with Crippen molar-refractivity contribution in [3.05, 3.63) is 44.7 Å². The Morgan fingerprint density at radius 2 is 2.06 bits per heavy atom. The Morgan fingerprint density at radius 1 is 1.21 bits per heavy atom. The number of nitrogens with one attached hydrogen (secondary N) is 2. The number of H-pyrrole nitrogens is 1. The van der Waals surface area contributed by atoms with Crippen LogP contribution in [0.1, 0.15) is 53.4 Å². The first kappa shape index (κ1) is 21.1. The minimum atomic E-state index is -0.164. The van der Waals surface area contributed by atoms with Crippen molar-refractivity contribution in [2.45, 2.75) is 65.5 Å². The zero-order valence-corrected chi connectivity index (χ0v) is 20.2. The van der Waals surface area contributed by atoms with Gasteiger partial charge in [-0.25, -0.2) is 14.6 Å². The van der Waals surface area contributed by atoms with Crippen LogP contribution in [0.3, 0.4) is 0 Å². The van der Waals surface area contributed by atoms with E-state index in [-0.39, 0.29) is 12.0 Å². The second-order valence-electron chi connectivity index (χ2n) is 9.16. The molecule has 0 radical (unpaired) electrons. The van der Waals surface area contributed by atoms with Crippen molar-refractivity contribution in [3.8, 4) is 0 Å². The van der Waals surface area contributed by atoms with Crippen LogP contribution >= 0.6 is 0 Å². The quantitative estimate of drug-likeness (QED) is 0.473. The van der Waals surface area contributed by atoms with Gasteiger partial charge in [-0.2, -0.15) is 5.10 Å². The molecule has 9 heteroatoms. The standard InChI is InChI=1S/C25H29N7O2/c1-6-32-25(15-8-7-9-18(15)30-32)29-24-22-16-11-20(33-5)17(21-12(2)31-34-13(21)3)10-19(16)28-23(22)26-14(4)27-24/h10-11,17,20H,6-9H2,1-5H3,(H2,26,27,28,29). The van der Waals surface area contributed by atoms with E-state index in [0.717, 1.165) is 76.1 Å². The number of hydrogen-bond donors (Lipinski definition) is 2. The van der Waals surface area contributed by atoms with E-state index in [4.69, 9.17) is 24.3 Å². The summed E-state index contributed by atoms with van der Waals surface area (Å²) in [6.45, 7) is 8.76. The lowest BCUT2D eigenvalue weighted by molar-refractivity contribution is 0.143. The molecule has 0 aliphatic heterocycles. The van der Waals surface area contributed by atoms with Gasteiger partial charge in [0.1, 0.15) is 28.9 Å². The van der Waals surface area contributed by atoms with E-state index in [1.54, 1.807) is 7.11 Å². The predicted molar refractivity (Wildman–Crippen MR) is 130 cm³/mol. The zero-order valence-electron chi connectivity index (χ0n) is 20.2. The minimum absolute atomic E-state index is 0.00734. The van der Waals surface area contributed by atoms with Crippen molar-refractivity contribution in [1.29, 1.82) is 0 Å². The summed E-state index contributed by atoms with van der Waals surface area (Å²) in [6.07, 6.45) is 7.43. The van der Waals surface area contributed by atoms with Crippen LogP contribution in [-0.4, -0.2) is 43.1 Å². The van der Waals surface area contributed by atoms with Gasteiger partial charge in [0, 0.05) is 41.3 Å². The second kappa shape index (κ2) is 7.80. The van der Waals surface area contributed by atoms with E-state index in [1.165, 1.54) is 11.3 Å². The summed E-state index contributed by atoms with van der Waals surface area (Å²) in [5.74, 6) is 3.35. The molecule has 4 heterocycles. The number of rotatable bonds is 5. The number of aryl methyl sites for hydroxylation is 5. The van der Waals surface area contributed by atoms with Crippen LogP contribution in [0.15, 0.2) is 4.52 Å². The SMILES string of the molecule is CCn1nc2c(c1Nc1nc(C)nc3[nH]c4c(c13)=CC(OC)C(c1c(C)noc1C)C=4)CCC2. The van der Waals surface area contributed by atoms with Crippen LogP contribution in [0, 0.1) is 20.8 Å². The number of hydrogen-bond acceptors (Lipinski definition) is 7. The van der Waals surface area contributed by atoms with E-state index in [1.807, 2.05) is 25.5 Å². The molecule has 6 rings (SSSR count). The van der Waals surface area contributed by atoms with Crippen LogP contribution in [-0.2, 0) is 24.1 Å². The smallest absolute Gasteiger partial charge is 0.145 e. The molecule has 2 N–H and O–H groups in total. The normalized spacial score (nSPS) is 19.1. The van der Waals surface area contributed by atoms with Gasteiger partial charge in [-0.05, 0) is 59.1 Å². The maximum atomic E-state index is 5.93. The molecule has 9 nitrogen and oxygen atoms in total. The third-order valence-electron chi connectivity index (χ3n) is 7.07. The molecule has 0 amide bonds. The molecule has 176 valence electrons. The maximum absolute atomic E-state index is 5.93. The van der Waals surface area contributed by atoms with Crippen molar-refractivity contribution in [2.24, 2.45) is 0 Å². The molecule has 2 atom stereocenters. The van der Waals surface area contributed by atoms with Crippen molar-refractivity contribution in [1.82, 2.24) is 29.9 Å². The van der Waals surface area contributed by atoms with E-state index in [9.17, 15) is 0 Å². The lowest BCUT2D eigenvalue weighted by Gasteiger charge is -2.22. The van der Waals surface area contributed by atoms with E-state index < -0.39 is 0 Å². The summed E-state index contributed by atoms with van der Waals surface area (Å²) in [5, 5.41) is 15.6. The van der Waals surface area contributed by atoms with Crippen molar-refractivity contribution >= 4 is 34.8 Å². The molecule has 2 aliphatic rings. The number of methoxy groups -OCH3 is 1. The summed E-state index contributed by atoms with van der Waals surface area (Å²) in [5.41, 5.74) is 5.26. The summed E-state index contributed by atoms with van der Waals surface area (Å²) in [6, 6.07) is 0. The summed E-state index contributed by atoms with van der Waals surface area (Å²) >= 11 is 0. The van der Waals surface area contributed by atoms with Gasteiger partial charge in [-0.1, -0.05) is 5.16 Å². The monoisotopic (exact) mass is 459 g/mol. The molecule has 0 bridgehead atoms. The molecule has 2 unspecified atom stereocenters. The van der Waals surface area contributed by atoms with Crippen molar-refractivity contribution < 1.29 is 9.26 Å². The van der Waals surface area contributed by atoms with Gasteiger partial charge in [0.25, 0.3) is 0 Å². The van der Waals surface area contributed by atoms with Gasteiger partial charge < -0.3 is 19.6 Å². The first-order valence-electron chi connectivity index (χ1n) is 11.9. The zero-order chi connectivity index (χ0) is 23.6. The topological polar surface area (TPSA) is 107 Å². The fourth-order valence-corrected chi connectivity index (χ4v) is 5.54. The third kappa shape index (κ3) is 3.10.